The molecule has 1 heterocycles. The Kier molecular flexibility index (Phi) is 6.30. The van der Waals surface area contributed by atoms with Crippen LogP contribution in [0.2, 0.25) is 0 Å². The summed E-state index contributed by atoms with van der Waals surface area (Å²) in [4.78, 5) is 16.9. The van der Waals surface area contributed by atoms with Crippen LogP contribution in [0.3, 0.4) is 0 Å². The topological polar surface area (TPSA) is 20.3 Å². The van der Waals surface area contributed by atoms with Gasteiger partial charge in [0.25, 0.3) is 0 Å². The van der Waals surface area contributed by atoms with Crippen LogP contribution in [-0.4, -0.2) is 5.91 Å². The van der Waals surface area contributed by atoms with Crippen molar-refractivity contribution in [2.24, 2.45) is 0 Å². The maximum atomic E-state index is 15.3. The molecule has 5 heteroatoms. The first-order chi connectivity index (χ1) is 19.3. The lowest BCUT2D eigenvalue weighted by Crippen LogP contribution is -2.48. The molecule has 0 aromatic heterocycles. The SMILES string of the molecule is Cc1cc(C(F)(F)F)cc2c1-c1ccccc1C(c1ccccc1)(c1ccccc1)C(=O)N2Cc1ccccc1. The summed E-state index contributed by atoms with van der Waals surface area (Å²) in [7, 11) is 0. The van der Waals surface area contributed by atoms with E-state index in [9.17, 15) is 13.2 Å². The second kappa shape index (κ2) is 9.83. The second-order valence-electron chi connectivity index (χ2n) is 10.1. The first-order valence-electron chi connectivity index (χ1n) is 13.1. The highest BCUT2D eigenvalue weighted by molar-refractivity contribution is 6.12. The molecule has 0 radical (unpaired) electrons. The molecule has 0 unspecified atom stereocenters. The van der Waals surface area contributed by atoms with Gasteiger partial charge in [0.05, 0.1) is 17.8 Å². The lowest BCUT2D eigenvalue weighted by molar-refractivity contribution is -0.137. The predicted octanol–water partition coefficient (Wildman–Crippen LogP) is 8.56. The van der Waals surface area contributed by atoms with Gasteiger partial charge in [-0.1, -0.05) is 115 Å². The van der Waals surface area contributed by atoms with Crippen LogP contribution < -0.4 is 4.90 Å². The Labute approximate surface area is 231 Å². The van der Waals surface area contributed by atoms with Crippen LogP contribution in [0.1, 0.15) is 33.4 Å². The van der Waals surface area contributed by atoms with Crippen molar-refractivity contribution >= 4 is 11.6 Å². The van der Waals surface area contributed by atoms with Crippen molar-refractivity contribution in [3.8, 4) is 11.1 Å². The minimum atomic E-state index is -4.57. The van der Waals surface area contributed by atoms with Gasteiger partial charge < -0.3 is 4.90 Å². The van der Waals surface area contributed by atoms with Crippen LogP contribution in [0, 0.1) is 6.92 Å². The van der Waals surface area contributed by atoms with Crippen LogP contribution in [0.15, 0.2) is 127 Å². The van der Waals surface area contributed by atoms with E-state index in [1.807, 2.05) is 115 Å². The summed E-state index contributed by atoms with van der Waals surface area (Å²) in [5.41, 5.74) is 3.03. The quantitative estimate of drug-likeness (QED) is 0.227. The summed E-state index contributed by atoms with van der Waals surface area (Å²) in [6.45, 7) is 1.80. The van der Waals surface area contributed by atoms with Gasteiger partial charge in [-0.25, -0.2) is 0 Å². The number of carbonyl (C=O) groups is 1. The van der Waals surface area contributed by atoms with Crippen molar-refractivity contribution in [2.75, 3.05) is 4.90 Å². The molecule has 0 bridgehead atoms. The lowest BCUT2D eigenvalue weighted by atomic mass is 9.67. The molecule has 1 aliphatic heterocycles. The minimum Gasteiger partial charge on any atom is -0.306 e. The number of halogens is 3. The van der Waals surface area contributed by atoms with Gasteiger partial charge in [0.2, 0.25) is 5.91 Å². The Hall–Kier alpha value is -4.64. The van der Waals surface area contributed by atoms with Crippen molar-refractivity contribution < 1.29 is 18.0 Å². The number of anilines is 1. The van der Waals surface area contributed by atoms with E-state index >= 15 is 4.79 Å². The number of rotatable bonds is 4. The van der Waals surface area contributed by atoms with E-state index < -0.39 is 17.2 Å². The van der Waals surface area contributed by atoms with Crippen molar-refractivity contribution in [3.63, 3.8) is 0 Å². The third-order valence-electron chi connectivity index (χ3n) is 7.70. The van der Waals surface area contributed by atoms with E-state index in [2.05, 4.69) is 0 Å². The average Bonchev–Trinajstić information content (AvgIpc) is 3.06. The van der Waals surface area contributed by atoms with Crippen molar-refractivity contribution in [3.05, 3.63) is 161 Å². The first-order valence-corrected chi connectivity index (χ1v) is 13.1. The maximum absolute atomic E-state index is 15.3. The first kappa shape index (κ1) is 25.6. The molecule has 1 aliphatic rings. The summed E-state index contributed by atoms with van der Waals surface area (Å²) in [6, 6.07) is 38.3. The molecule has 2 nitrogen and oxygen atoms in total. The highest BCUT2D eigenvalue weighted by Gasteiger charge is 2.50. The third kappa shape index (κ3) is 4.10. The number of fused-ring (bicyclic) bond motifs is 3. The number of benzene rings is 5. The lowest BCUT2D eigenvalue weighted by Gasteiger charge is -2.37. The molecule has 198 valence electrons. The molecule has 0 saturated heterocycles. The molecular weight excluding hydrogens is 507 g/mol. The summed E-state index contributed by atoms with van der Waals surface area (Å²) in [5, 5.41) is 0. The van der Waals surface area contributed by atoms with E-state index in [1.54, 1.807) is 11.8 Å². The van der Waals surface area contributed by atoms with Gasteiger partial charge in [-0.15, -0.1) is 0 Å². The Morgan fingerprint density at radius 3 is 1.80 bits per heavy atom. The van der Waals surface area contributed by atoms with Crippen LogP contribution in [0.4, 0.5) is 18.9 Å². The van der Waals surface area contributed by atoms with Crippen LogP contribution >= 0.6 is 0 Å². The molecule has 0 N–H and O–H groups in total. The van der Waals surface area contributed by atoms with Gasteiger partial charge in [-0.3, -0.25) is 4.79 Å². The third-order valence-corrected chi connectivity index (χ3v) is 7.70. The van der Waals surface area contributed by atoms with Crippen LogP contribution in [0.5, 0.6) is 0 Å². The van der Waals surface area contributed by atoms with Gasteiger partial charge in [0, 0.05) is 5.56 Å². The van der Waals surface area contributed by atoms with Crippen LogP contribution in [-0.2, 0) is 22.9 Å². The van der Waals surface area contributed by atoms with Crippen molar-refractivity contribution in [2.45, 2.75) is 25.1 Å². The molecular formula is C35H26F3NO. The van der Waals surface area contributed by atoms with Crippen LogP contribution in [0.25, 0.3) is 11.1 Å². The van der Waals surface area contributed by atoms with Gasteiger partial charge in [0.1, 0.15) is 5.41 Å². The molecule has 0 fully saturated rings. The summed E-state index contributed by atoms with van der Waals surface area (Å²) < 4.78 is 42.5. The number of alkyl halides is 3. The summed E-state index contributed by atoms with van der Waals surface area (Å²) in [6.07, 6.45) is -4.57. The van der Waals surface area contributed by atoms with Gasteiger partial charge in [0.15, 0.2) is 0 Å². The fourth-order valence-corrected chi connectivity index (χ4v) is 5.97. The number of aryl methyl sites for hydroxylation is 1. The standard InChI is InChI=1S/C35H26F3NO/c1-24-21-28(35(36,37)38)22-31-32(24)29-19-11-12-20-30(29)34(26-15-7-3-8-16-26,27-17-9-4-10-18-27)33(40)39(31)23-25-13-5-2-6-14-25/h2-22H,23H2,1H3. The van der Waals surface area contributed by atoms with E-state index in [4.69, 9.17) is 0 Å². The number of amides is 1. The zero-order valence-electron chi connectivity index (χ0n) is 21.8. The van der Waals surface area contributed by atoms with Gasteiger partial charge >= 0.3 is 6.18 Å². The fraction of sp³-hybridized carbons (Fsp3) is 0.114. The molecule has 0 aliphatic carbocycles. The van der Waals surface area contributed by atoms with E-state index in [1.165, 1.54) is 6.07 Å². The zero-order chi connectivity index (χ0) is 27.9. The molecule has 1 amide bonds. The zero-order valence-corrected chi connectivity index (χ0v) is 21.8. The molecule has 6 rings (SSSR count). The molecule has 40 heavy (non-hydrogen) atoms. The minimum absolute atomic E-state index is 0.114. The largest absolute Gasteiger partial charge is 0.416 e. The van der Waals surface area contributed by atoms with Crippen molar-refractivity contribution in [1.82, 2.24) is 0 Å². The maximum Gasteiger partial charge on any atom is 0.416 e. The summed E-state index contributed by atoms with van der Waals surface area (Å²) in [5.74, 6) is -0.307. The van der Waals surface area contributed by atoms with E-state index in [0.29, 0.717) is 11.1 Å². The average molecular weight is 534 g/mol. The Balaban J connectivity index is 1.77. The number of carbonyl (C=O) groups excluding carboxylic acids is 1. The molecule has 0 spiro atoms. The van der Waals surface area contributed by atoms with E-state index in [-0.39, 0.29) is 18.1 Å². The number of hydrogen-bond donors (Lipinski definition) is 0. The fourth-order valence-electron chi connectivity index (χ4n) is 5.97. The normalized spacial score (nSPS) is 14.3. The van der Waals surface area contributed by atoms with E-state index in [0.717, 1.165) is 33.9 Å². The smallest absolute Gasteiger partial charge is 0.306 e. The van der Waals surface area contributed by atoms with Gasteiger partial charge in [-0.2, -0.15) is 13.2 Å². The highest BCUT2D eigenvalue weighted by atomic mass is 19.4. The highest BCUT2D eigenvalue weighted by Crippen LogP contribution is 2.52. The molecule has 5 aromatic carbocycles. The van der Waals surface area contributed by atoms with Gasteiger partial charge in [-0.05, 0) is 52.4 Å². The predicted molar refractivity (Wildman–Crippen MR) is 152 cm³/mol. The monoisotopic (exact) mass is 533 g/mol. The second-order valence-corrected chi connectivity index (χ2v) is 10.1. The van der Waals surface area contributed by atoms with Crippen molar-refractivity contribution in [1.29, 1.82) is 0 Å². The Morgan fingerprint density at radius 2 is 1.23 bits per heavy atom. The Bertz CT molecular complexity index is 1640. The molecule has 5 aromatic rings. The number of nitrogens with zero attached hydrogens (tertiary/aromatic N) is 1. The molecule has 0 saturated carbocycles. The number of hydrogen-bond acceptors (Lipinski definition) is 1. The summed E-state index contributed by atoms with van der Waals surface area (Å²) >= 11 is 0. The Morgan fingerprint density at radius 1 is 0.700 bits per heavy atom. The molecule has 0 atom stereocenters.